The molecule has 19 heavy (non-hydrogen) atoms. The zero-order valence-electron chi connectivity index (χ0n) is 9.81. The Hall–Kier alpha value is -1.68. The quantitative estimate of drug-likeness (QED) is 0.828. The van der Waals surface area contributed by atoms with Crippen LogP contribution in [0.1, 0.15) is 15.9 Å². The molecule has 2 rings (SSSR count). The van der Waals surface area contributed by atoms with Crippen molar-refractivity contribution in [3.63, 3.8) is 0 Å². The largest absolute Gasteiger partial charge is 0.320 e. The van der Waals surface area contributed by atoms with Crippen molar-refractivity contribution in [1.82, 2.24) is 4.98 Å². The molecule has 0 saturated carbocycles. The van der Waals surface area contributed by atoms with Crippen LogP contribution in [0.2, 0.25) is 0 Å². The van der Waals surface area contributed by atoms with Crippen molar-refractivity contribution in [1.29, 1.82) is 0 Å². The minimum absolute atomic E-state index is 0.196. The molecule has 2 aromatic heterocycles. The van der Waals surface area contributed by atoms with Gasteiger partial charge in [0.1, 0.15) is 5.82 Å². The van der Waals surface area contributed by atoms with Crippen molar-refractivity contribution in [3.8, 4) is 11.8 Å². The van der Waals surface area contributed by atoms with Crippen LogP contribution in [0, 0.1) is 11.8 Å². The first-order chi connectivity index (χ1) is 9.19. The Balaban J connectivity index is 2.13. The van der Waals surface area contributed by atoms with Crippen LogP contribution < -0.4 is 11.1 Å². The van der Waals surface area contributed by atoms with Crippen LogP contribution in [-0.2, 0) is 0 Å². The van der Waals surface area contributed by atoms with E-state index in [1.54, 1.807) is 29.8 Å². The maximum absolute atomic E-state index is 11.9. The third-order valence-electron chi connectivity index (χ3n) is 2.17. The molecule has 0 saturated heterocycles. The monoisotopic (exact) mass is 335 g/mol. The van der Waals surface area contributed by atoms with Gasteiger partial charge in [-0.3, -0.25) is 4.79 Å². The zero-order valence-corrected chi connectivity index (χ0v) is 12.2. The van der Waals surface area contributed by atoms with E-state index in [9.17, 15) is 4.79 Å². The fourth-order valence-electron chi connectivity index (χ4n) is 1.35. The lowest BCUT2D eigenvalue weighted by molar-refractivity contribution is 0.102. The van der Waals surface area contributed by atoms with E-state index in [4.69, 9.17) is 5.73 Å². The molecular weight excluding hydrogens is 326 g/mol. The third kappa shape index (κ3) is 3.89. The summed E-state index contributed by atoms with van der Waals surface area (Å²) in [6, 6.07) is 5.24. The molecule has 1 amide bonds. The van der Waals surface area contributed by atoms with Crippen molar-refractivity contribution < 1.29 is 4.79 Å². The lowest BCUT2D eigenvalue weighted by Crippen LogP contribution is -2.11. The van der Waals surface area contributed by atoms with Crippen molar-refractivity contribution in [2.75, 3.05) is 11.9 Å². The summed E-state index contributed by atoms with van der Waals surface area (Å²) in [5.41, 5.74) is 6.67. The van der Waals surface area contributed by atoms with Crippen molar-refractivity contribution in [3.05, 3.63) is 44.7 Å². The summed E-state index contributed by atoms with van der Waals surface area (Å²) in [5.74, 6) is 5.92. The second kappa shape index (κ2) is 6.48. The Labute approximate surface area is 123 Å². The van der Waals surface area contributed by atoms with Gasteiger partial charge in [-0.25, -0.2) is 4.98 Å². The fraction of sp³-hybridized carbons (Fsp3) is 0.0769. The van der Waals surface area contributed by atoms with Gasteiger partial charge >= 0.3 is 0 Å². The summed E-state index contributed by atoms with van der Waals surface area (Å²) in [5, 5.41) is 4.50. The molecule has 0 radical (unpaired) electrons. The predicted octanol–water partition coefficient (Wildman–Crippen LogP) is 2.47. The Morgan fingerprint density at radius 2 is 2.37 bits per heavy atom. The molecular formula is C13H10BrN3OS. The van der Waals surface area contributed by atoms with Gasteiger partial charge < -0.3 is 11.1 Å². The highest BCUT2D eigenvalue weighted by atomic mass is 79.9. The van der Waals surface area contributed by atoms with Crippen LogP contribution in [-0.4, -0.2) is 17.4 Å². The molecule has 0 aliphatic rings. The van der Waals surface area contributed by atoms with Crippen LogP contribution in [0.5, 0.6) is 0 Å². The van der Waals surface area contributed by atoms with Crippen LogP contribution in [0.15, 0.2) is 33.6 Å². The second-order valence-corrected chi connectivity index (χ2v) is 5.82. The molecule has 0 atom stereocenters. The maximum atomic E-state index is 11.9. The predicted molar refractivity (Wildman–Crippen MR) is 80.1 cm³/mol. The Bertz CT molecular complexity index is 657. The molecule has 6 heteroatoms. The third-order valence-corrected chi connectivity index (χ3v) is 3.67. The number of nitrogens with zero attached hydrogens (tertiary/aromatic N) is 1. The molecule has 0 aromatic carbocycles. The molecule has 0 unspecified atom stereocenters. The summed E-state index contributed by atoms with van der Waals surface area (Å²) in [6.45, 7) is 0.299. The molecule has 0 aliphatic heterocycles. The summed E-state index contributed by atoms with van der Waals surface area (Å²) in [6.07, 6.45) is 1.60. The molecule has 0 fully saturated rings. The van der Waals surface area contributed by atoms with E-state index in [0.717, 1.165) is 9.35 Å². The SMILES string of the molecule is NCC#Cc1ccnc(NC(=O)c2csc(Br)c2)c1. The van der Waals surface area contributed by atoms with Crippen molar-refractivity contribution in [2.45, 2.75) is 0 Å². The van der Waals surface area contributed by atoms with E-state index < -0.39 is 0 Å². The van der Waals surface area contributed by atoms with Gasteiger partial charge in [-0.05, 0) is 34.1 Å². The van der Waals surface area contributed by atoms with E-state index >= 15 is 0 Å². The van der Waals surface area contributed by atoms with E-state index in [1.807, 2.05) is 0 Å². The van der Waals surface area contributed by atoms with E-state index in [0.29, 0.717) is 17.9 Å². The van der Waals surface area contributed by atoms with Gasteiger partial charge in [0.05, 0.1) is 15.9 Å². The molecule has 3 N–H and O–H groups in total. The number of aromatic nitrogens is 1. The standard InChI is InChI=1S/C13H10BrN3OS/c14-11-7-10(8-19-11)13(18)17-12-6-9(2-1-4-15)3-5-16-12/h3,5-8H,4,15H2,(H,16,17,18). The molecule has 2 aromatic rings. The smallest absolute Gasteiger partial charge is 0.257 e. The number of anilines is 1. The molecule has 2 heterocycles. The van der Waals surface area contributed by atoms with Gasteiger partial charge in [0, 0.05) is 17.1 Å². The highest BCUT2D eigenvalue weighted by molar-refractivity contribution is 9.11. The van der Waals surface area contributed by atoms with E-state index in [-0.39, 0.29) is 5.91 Å². The normalized spacial score (nSPS) is 9.58. The highest BCUT2D eigenvalue weighted by Gasteiger charge is 2.08. The van der Waals surface area contributed by atoms with Gasteiger partial charge in [-0.15, -0.1) is 11.3 Å². The maximum Gasteiger partial charge on any atom is 0.257 e. The number of hydrogen-bond acceptors (Lipinski definition) is 4. The Morgan fingerprint density at radius 1 is 1.53 bits per heavy atom. The first-order valence-corrected chi connectivity index (χ1v) is 7.06. The minimum Gasteiger partial charge on any atom is -0.320 e. The minimum atomic E-state index is -0.196. The lowest BCUT2D eigenvalue weighted by atomic mass is 10.2. The number of thiophene rings is 1. The Kier molecular flexibility index (Phi) is 4.68. The average Bonchev–Trinajstić information content (AvgIpc) is 2.83. The van der Waals surface area contributed by atoms with Gasteiger partial charge in [0.2, 0.25) is 0 Å². The van der Waals surface area contributed by atoms with E-state index in [1.165, 1.54) is 11.3 Å². The number of carbonyl (C=O) groups is 1. The summed E-state index contributed by atoms with van der Waals surface area (Å²) in [4.78, 5) is 16.0. The van der Waals surface area contributed by atoms with Gasteiger partial charge in [0.25, 0.3) is 5.91 Å². The molecule has 0 spiro atoms. The number of nitrogens with two attached hydrogens (primary N) is 1. The topological polar surface area (TPSA) is 68.0 Å². The number of carbonyl (C=O) groups excluding carboxylic acids is 1. The van der Waals surface area contributed by atoms with Gasteiger partial charge in [-0.2, -0.15) is 0 Å². The van der Waals surface area contributed by atoms with Crippen LogP contribution in [0.3, 0.4) is 0 Å². The second-order valence-electron chi connectivity index (χ2n) is 3.53. The summed E-state index contributed by atoms with van der Waals surface area (Å²) < 4.78 is 0.910. The molecule has 0 aliphatic carbocycles. The van der Waals surface area contributed by atoms with Gasteiger partial charge in [0.15, 0.2) is 0 Å². The number of nitrogens with one attached hydrogen (secondary N) is 1. The number of rotatable bonds is 2. The zero-order chi connectivity index (χ0) is 13.7. The molecule has 96 valence electrons. The van der Waals surface area contributed by atoms with Crippen LogP contribution >= 0.6 is 27.3 Å². The van der Waals surface area contributed by atoms with Crippen LogP contribution in [0.25, 0.3) is 0 Å². The van der Waals surface area contributed by atoms with Crippen molar-refractivity contribution in [2.24, 2.45) is 5.73 Å². The first-order valence-electron chi connectivity index (χ1n) is 5.39. The average molecular weight is 336 g/mol. The molecule has 4 nitrogen and oxygen atoms in total. The number of pyridine rings is 1. The highest BCUT2D eigenvalue weighted by Crippen LogP contribution is 2.21. The van der Waals surface area contributed by atoms with Crippen molar-refractivity contribution >= 4 is 39.0 Å². The number of hydrogen-bond donors (Lipinski definition) is 2. The summed E-state index contributed by atoms with van der Waals surface area (Å²) in [7, 11) is 0. The molecule has 0 bridgehead atoms. The first kappa shape index (κ1) is 13.7. The van der Waals surface area contributed by atoms with E-state index in [2.05, 4.69) is 38.1 Å². The lowest BCUT2D eigenvalue weighted by Gasteiger charge is -2.02. The van der Waals surface area contributed by atoms with Crippen LogP contribution in [0.4, 0.5) is 5.82 Å². The fourth-order valence-corrected chi connectivity index (χ4v) is 2.48. The number of halogens is 1. The number of amides is 1. The summed E-state index contributed by atoms with van der Waals surface area (Å²) >= 11 is 4.78. The van der Waals surface area contributed by atoms with Gasteiger partial charge in [-0.1, -0.05) is 11.8 Å². The Morgan fingerprint density at radius 3 is 3.05 bits per heavy atom.